The maximum Gasteiger partial charge on any atom is 0.140 e. The van der Waals surface area contributed by atoms with Crippen molar-refractivity contribution in [2.75, 3.05) is 0 Å². The van der Waals surface area contributed by atoms with Crippen molar-refractivity contribution in [3.63, 3.8) is 0 Å². The first-order valence-corrected chi connectivity index (χ1v) is 5.91. The third-order valence-corrected chi connectivity index (χ3v) is 3.60. The van der Waals surface area contributed by atoms with Gasteiger partial charge in [-0.3, -0.25) is 0 Å². The average Bonchev–Trinajstić information content (AvgIpc) is 2.83. The fourth-order valence-electron chi connectivity index (χ4n) is 2.72. The Labute approximate surface area is 97.1 Å². The molecule has 2 radical (unpaired) electrons. The van der Waals surface area contributed by atoms with Crippen molar-refractivity contribution >= 4 is 18.9 Å². The van der Waals surface area contributed by atoms with Gasteiger partial charge in [0.25, 0.3) is 0 Å². The largest absolute Gasteiger partial charge is 0.332 e. The second-order valence-corrected chi connectivity index (χ2v) is 4.73. The van der Waals surface area contributed by atoms with E-state index in [0.717, 1.165) is 11.3 Å². The lowest BCUT2D eigenvalue weighted by Crippen LogP contribution is -2.00. The van der Waals surface area contributed by atoms with Crippen LogP contribution in [0.2, 0.25) is 0 Å². The normalized spacial score (nSPS) is 16.6. The van der Waals surface area contributed by atoms with E-state index in [1.165, 1.54) is 35.9 Å². The van der Waals surface area contributed by atoms with Gasteiger partial charge in [-0.15, -0.1) is 0 Å². The first-order valence-electron chi connectivity index (χ1n) is 5.91. The summed E-state index contributed by atoms with van der Waals surface area (Å²) in [5.74, 6) is 0.00846. The molecule has 2 nitrogen and oxygen atoms in total. The maximum atomic E-state index is 5.87. The van der Waals surface area contributed by atoms with E-state index in [4.69, 9.17) is 7.85 Å². The van der Waals surface area contributed by atoms with Gasteiger partial charge in [-0.25, -0.2) is 4.98 Å². The van der Waals surface area contributed by atoms with Gasteiger partial charge in [-0.1, -0.05) is 6.92 Å². The predicted molar refractivity (Wildman–Crippen MR) is 66.9 cm³/mol. The monoisotopic (exact) mass is 210 g/mol. The van der Waals surface area contributed by atoms with E-state index in [0.29, 0.717) is 0 Å². The van der Waals surface area contributed by atoms with Crippen LogP contribution in [-0.4, -0.2) is 17.4 Å². The van der Waals surface area contributed by atoms with Crippen molar-refractivity contribution < 1.29 is 0 Å². The van der Waals surface area contributed by atoms with Gasteiger partial charge in [0.1, 0.15) is 5.65 Å². The molecule has 0 spiro atoms. The highest BCUT2D eigenvalue weighted by Gasteiger charge is 2.20. The molecule has 0 aliphatic heterocycles. The van der Waals surface area contributed by atoms with Gasteiger partial charge in [-0.05, 0) is 42.8 Å². The molecular weight excluding hydrogens is 195 g/mol. The van der Waals surface area contributed by atoms with Crippen molar-refractivity contribution in [2.45, 2.75) is 32.0 Å². The SMILES string of the molecule is [B]C(C)c1ccc2c3c(n(C)c2n1)CCC3. The summed E-state index contributed by atoms with van der Waals surface area (Å²) in [6.45, 7) is 1.98. The summed E-state index contributed by atoms with van der Waals surface area (Å²) in [6.07, 6.45) is 3.67. The lowest BCUT2D eigenvalue weighted by Gasteiger charge is -2.06. The molecule has 0 aromatic carbocycles. The van der Waals surface area contributed by atoms with Crippen LogP contribution in [0, 0.1) is 0 Å². The minimum Gasteiger partial charge on any atom is -0.332 e. The second kappa shape index (κ2) is 3.37. The molecule has 80 valence electrons. The van der Waals surface area contributed by atoms with E-state index in [9.17, 15) is 0 Å². The number of rotatable bonds is 1. The Balaban J connectivity index is 2.29. The highest BCUT2D eigenvalue weighted by Crippen LogP contribution is 2.31. The molecular formula is C13H15BN2. The number of fused-ring (bicyclic) bond motifs is 3. The number of hydrogen-bond donors (Lipinski definition) is 0. The zero-order chi connectivity index (χ0) is 11.3. The molecule has 0 saturated carbocycles. The van der Waals surface area contributed by atoms with Gasteiger partial charge in [0.2, 0.25) is 0 Å². The second-order valence-electron chi connectivity index (χ2n) is 4.73. The predicted octanol–water partition coefficient (Wildman–Crippen LogP) is 2.29. The van der Waals surface area contributed by atoms with Gasteiger partial charge < -0.3 is 4.57 Å². The summed E-state index contributed by atoms with van der Waals surface area (Å²) >= 11 is 0. The molecule has 0 fully saturated rings. The number of pyridine rings is 1. The summed E-state index contributed by atoms with van der Waals surface area (Å²) in [5, 5.41) is 1.32. The Bertz CT molecular complexity index is 555. The highest BCUT2D eigenvalue weighted by molar-refractivity contribution is 6.12. The van der Waals surface area contributed by atoms with Crippen LogP contribution in [0.1, 0.15) is 36.1 Å². The standard InChI is InChI=1S/C13H15BN2/c1-8(14)11-7-6-10-9-4-3-5-12(9)16(2)13(10)15-11/h6-8H,3-5H2,1-2H3. The van der Waals surface area contributed by atoms with Crippen molar-refractivity contribution in [2.24, 2.45) is 7.05 Å². The summed E-state index contributed by atoms with van der Waals surface area (Å²) in [6, 6.07) is 4.25. The molecule has 1 atom stereocenters. The van der Waals surface area contributed by atoms with Gasteiger partial charge >= 0.3 is 0 Å². The topological polar surface area (TPSA) is 17.8 Å². The summed E-state index contributed by atoms with van der Waals surface area (Å²) < 4.78 is 2.24. The maximum absolute atomic E-state index is 5.87. The molecule has 3 rings (SSSR count). The number of nitrogens with zero attached hydrogens (tertiary/aromatic N) is 2. The highest BCUT2D eigenvalue weighted by atomic mass is 15.0. The Kier molecular flexibility index (Phi) is 2.10. The van der Waals surface area contributed by atoms with Gasteiger partial charge in [-0.2, -0.15) is 0 Å². The van der Waals surface area contributed by atoms with Crippen LogP contribution >= 0.6 is 0 Å². The number of aryl methyl sites for hydroxylation is 2. The molecule has 1 unspecified atom stereocenters. The van der Waals surface area contributed by atoms with E-state index < -0.39 is 0 Å². The Morgan fingerprint density at radius 2 is 2.19 bits per heavy atom. The first-order chi connectivity index (χ1) is 7.68. The first kappa shape index (κ1) is 9.94. The van der Waals surface area contributed by atoms with Crippen LogP contribution in [0.25, 0.3) is 11.0 Å². The number of aromatic nitrogens is 2. The molecule has 0 saturated heterocycles. The van der Waals surface area contributed by atoms with Crippen molar-refractivity contribution in [3.8, 4) is 0 Å². The van der Waals surface area contributed by atoms with E-state index in [2.05, 4.69) is 28.7 Å². The molecule has 1 aliphatic carbocycles. The van der Waals surface area contributed by atoms with Gasteiger partial charge in [0.05, 0.1) is 7.85 Å². The lowest BCUT2D eigenvalue weighted by atomic mass is 9.86. The average molecular weight is 210 g/mol. The van der Waals surface area contributed by atoms with Crippen LogP contribution in [0.4, 0.5) is 0 Å². The van der Waals surface area contributed by atoms with E-state index in [-0.39, 0.29) is 5.82 Å². The smallest absolute Gasteiger partial charge is 0.140 e. The number of hydrogen-bond acceptors (Lipinski definition) is 1. The molecule has 3 heteroatoms. The van der Waals surface area contributed by atoms with Gasteiger partial charge in [0.15, 0.2) is 0 Å². The molecule has 0 N–H and O–H groups in total. The van der Waals surface area contributed by atoms with E-state index in [1.54, 1.807) is 0 Å². The fourth-order valence-corrected chi connectivity index (χ4v) is 2.72. The minimum absolute atomic E-state index is 0.00846. The molecule has 0 bridgehead atoms. The van der Waals surface area contributed by atoms with Crippen LogP contribution < -0.4 is 0 Å². The van der Waals surface area contributed by atoms with Crippen molar-refractivity contribution in [3.05, 3.63) is 29.1 Å². The van der Waals surface area contributed by atoms with Crippen LogP contribution in [0.3, 0.4) is 0 Å². The molecule has 2 aromatic rings. The molecule has 2 heterocycles. The quantitative estimate of drug-likeness (QED) is 0.660. The third kappa shape index (κ3) is 1.24. The molecule has 0 amide bonds. The summed E-state index contributed by atoms with van der Waals surface area (Å²) in [5.41, 5.74) is 5.04. The Hall–Kier alpha value is -1.25. The van der Waals surface area contributed by atoms with E-state index >= 15 is 0 Å². The fraction of sp³-hybridized carbons (Fsp3) is 0.462. The Morgan fingerprint density at radius 3 is 2.94 bits per heavy atom. The van der Waals surface area contributed by atoms with Gasteiger partial charge in [0, 0.05) is 23.8 Å². The van der Waals surface area contributed by atoms with Crippen LogP contribution in [-0.2, 0) is 19.9 Å². The Morgan fingerprint density at radius 1 is 1.38 bits per heavy atom. The molecule has 1 aliphatic rings. The molecule has 16 heavy (non-hydrogen) atoms. The third-order valence-electron chi connectivity index (χ3n) is 3.60. The van der Waals surface area contributed by atoms with E-state index in [1.807, 2.05) is 6.92 Å². The van der Waals surface area contributed by atoms with Crippen LogP contribution in [0.15, 0.2) is 12.1 Å². The summed E-state index contributed by atoms with van der Waals surface area (Å²) in [7, 11) is 7.99. The van der Waals surface area contributed by atoms with Crippen molar-refractivity contribution in [1.82, 2.24) is 9.55 Å². The zero-order valence-corrected chi connectivity index (χ0v) is 9.83. The molecule has 2 aromatic heterocycles. The van der Waals surface area contributed by atoms with Crippen molar-refractivity contribution in [1.29, 1.82) is 0 Å². The zero-order valence-electron chi connectivity index (χ0n) is 9.83. The lowest BCUT2D eigenvalue weighted by molar-refractivity contribution is 0.820. The summed E-state index contributed by atoms with van der Waals surface area (Å²) in [4.78, 5) is 4.68. The van der Waals surface area contributed by atoms with Crippen LogP contribution in [0.5, 0.6) is 0 Å². The minimum atomic E-state index is 0.00846.